The van der Waals surface area contributed by atoms with E-state index in [-0.39, 0.29) is 24.2 Å². The van der Waals surface area contributed by atoms with Crippen LogP contribution in [0, 0.1) is 11.8 Å². The molecule has 34 heavy (non-hydrogen) atoms. The molecule has 1 aliphatic heterocycles. The Morgan fingerprint density at radius 3 is 2.38 bits per heavy atom. The molecule has 1 saturated heterocycles. The maximum atomic E-state index is 13.4. The molecular formula is C23H38N6O5. The van der Waals surface area contributed by atoms with E-state index in [2.05, 4.69) is 20.6 Å². The lowest BCUT2D eigenvalue weighted by molar-refractivity contribution is -0.145. The zero-order chi connectivity index (χ0) is 25.4. The van der Waals surface area contributed by atoms with Crippen molar-refractivity contribution in [3.05, 3.63) is 18.2 Å². The molecular weight excluding hydrogens is 440 g/mol. The van der Waals surface area contributed by atoms with Gasteiger partial charge in [-0.2, -0.15) is 0 Å². The highest BCUT2D eigenvalue weighted by Crippen LogP contribution is 2.21. The number of rotatable bonds is 12. The van der Waals surface area contributed by atoms with Gasteiger partial charge in [0.15, 0.2) is 0 Å². The van der Waals surface area contributed by atoms with Crippen LogP contribution in [0.3, 0.4) is 0 Å². The molecule has 0 spiro atoms. The van der Waals surface area contributed by atoms with E-state index in [1.807, 2.05) is 27.7 Å². The van der Waals surface area contributed by atoms with Gasteiger partial charge in [-0.05, 0) is 37.5 Å². The third-order valence-corrected chi connectivity index (χ3v) is 5.82. The SMILES string of the molecule is CC(C)CC(N)C(=O)NC(CC(C)C)C(=O)N1CCCC1C(=O)NC(Cc1cnc[nH]1)C(=O)O. The van der Waals surface area contributed by atoms with Crippen molar-refractivity contribution < 1.29 is 24.3 Å². The summed E-state index contributed by atoms with van der Waals surface area (Å²) < 4.78 is 0. The summed E-state index contributed by atoms with van der Waals surface area (Å²) in [5.41, 5.74) is 6.57. The Labute approximate surface area is 200 Å². The predicted molar refractivity (Wildman–Crippen MR) is 125 cm³/mol. The second kappa shape index (κ2) is 12.5. The number of nitrogens with one attached hydrogen (secondary N) is 3. The largest absolute Gasteiger partial charge is 0.480 e. The van der Waals surface area contributed by atoms with Gasteiger partial charge in [0.2, 0.25) is 17.7 Å². The molecule has 1 aliphatic rings. The molecule has 0 aliphatic carbocycles. The number of H-pyrrole nitrogens is 1. The number of nitrogens with zero attached hydrogens (tertiary/aromatic N) is 2. The number of likely N-dealkylation sites (tertiary alicyclic amines) is 1. The molecule has 1 fully saturated rings. The molecule has 1 aromatic heterocycles. The smallest absolute Gasteiger partial charge is 0.326 e. The van der Waals surface area contributed by atoms with Gasteiger partial charge in [0.25, 0.3) is 0 Å². The van der Waals surface area contributed by atoms with E-state index in [0.717, 1.165) is 0 Å². The number of aromatic nitrogens is 2. The van der Waals surface area contributed by atoms with Gasteiger partial charge in [0.05, 0.1) is 12.4 Å². The maximum Gasteiger partial charge on any atom is 0.326 e. The van der Waals surface area contributed by atoms with Crippen molar-refractivity contribution in [1.29, 1.82) is 0 Å². The van der Waals surface area contributed by atoms with Crippen LogP contribution in [0.2, 0.25) is 0 Å². The molecule has 4 atom stereocenters. The Balaban J connectivity index is 2.10. The highest BCUT2D eigenvalue weighted by molar-refractivity contribution is 5.94. The summed E-state index contributed by atoms with van der Waals surface area (Å²) in [6.45, 7) is 8.18. The van der Waals surface area contributed by atoms with Crippen molar-refractivity contribution in [2.45, 2.75) is 84.0 Å². The van der Waals surface area contributed by atoms with Crippen molar-refractivity contribution in [1.82, 2.24) is 25.5 Å². The normalized spacial score (nSPS) is 18.6. The number of aliphatic carboxylic acids is 1. The Hall–Kier alpha value is -2.95. The maximum absolute atomic E-state index is 13.4. The Morgan fingerprint density at radius 2 is 1.82 bits per heavy atom. The van der Waals surface area contributed by atoms with Gasteiger partial charge < -0.3 is 31.4 Å². The quantitative estimate of drug-likeness (QED) is 0.290. The summed E-state index contributed by atoms with van der Waals surface area (Å²) >= 11 is 0. The minimum absolute atomic E-state index is 0.0432. The van der Waals surface area contributed by atoms with E-state index in [1.54, 1.807) is 0 Å². The highest BCUT2D eigenvalue weighted by atomic mass is 16.4. The average molecular weight is 479 g/mol. The molecule has 11 heteroatoms. The highest BCUT2D eigenvalue weighted by Gasteiger charge is 2.39. The van der Waals surface area contributed by atoms with Gasteiger partial charge in [-0.25, -0.2) is 9.78 Å². The molecule has 1 aromatic rings. The van der Waals surface area contributed by atoms with Crippen LogP contribution in [0.15, 0.2) is 12.5 Å². The lowest BCUT2D eigenvalue weighted by atomic mass is 10.00. The van der Waals surface area contributed by atoms with Gasteiger partial charge in [-0.1, -0.05) is 27.7 Å². The topological polar surface area (TPSA) is 171 Å². The van der Waals surface area contributed by atoms with E-state index < -0.39 is 42.0 Å². The molecule has 11 nitrogen and oxygen atoms in total. The minimum atomic E-state index is -1.18. The fourth-order valence-corrected chi connectivity index (χ4v) is 4.17. The number of carbonyl (C=O) groups excluding carboxylic acids is 3. The number of hydrogen-bond acceptors (Lipinski definition) is 6. The van der Waals surface area contributed by atoms with Gasteiger partial charge in [-0.3, -0.25) is 14.4 Å². The van der Waals surface area contributed by atoms with Crippen molar-refractivity contribution in [2.75, 3.05) is 6.54 Å². The monoisotopic (exact) mass is 478 g/mol. The molecule has 0 aromatic carbocycles. The number of carbonyl (C=O) groups is 4. The van der Waals surface area contributed by atoms with Crippen LogP contribution in [0.25, 0.3) is 0 Å². The molecule has 0 bridgehead atoms. The van der Waals surface area contributed by atoms with Crippen LogP contribution in [0.4, 0.5) is 0 Å². The molecule has 190 valence electrons. The van der Waals surface area contributed by atoms with Crippen LogP contribution >= 0.6 is 0 Å². The third kappa shape index (κ3) is 7.82. The number of aromatic amines is 1. The first-order valence-corrected chi connectivity index (χ1v) is 11.9. The lowest BCUT2D eigenvalue weighted by Gasteiger charge is -2.30. The van der Waals surface area contributed by atoms with Crippen LogP contribution in [0.5, 0.6) is 0 Å². The second-order valence-corrected chi connectivity index (χ2v) is 9.80. The zero-order valence-electron chi connectivity index (χ0n) is 20.4. The van der Waals surface area contributed by atoms with Crippen LogP contribution in [0.1, 0.15) is 59.1 Å². The van der Waals surface area contributed by atoms with Gasteiger partial charge in [-0.15, -0.1) is 0 Å². The summed E-state index contributed by atoms with van der Waals surface area (Å²) in [6, 6.07) is -3.49. The van der Waals surface area contributed by atoms with Crippen molar-refractivity contribution in [3.8, 4) is 0 Å². The van der Waals surface area contributed by atoms with Gasteiger partial charge >= 0.3 is 5.97 Å². The first-order chi connectivity index (χ1) is 16.0. The summed E-state index contributed by atoms with van der Waals surface area (Å²) in [4.78, 5) is 58.9. The molecule has 4 unspecified atom stereocenters. The Kier molecular flexibility index (Phi) is 10.0. The van der Waals surface area contributed by atoms with Gasteiger partial charge in [0, 0.05) is 24.9 Å². The number of nitrogens with two attached hydrogens (primary N) is 1. The summed E-state index contributed by atoms with van der Waals surface area (Å²) in [5.74, 6) is -2.09. The number of hydrogen-bond donors (Lipinski definition) is 5. The van der Waals surface area contributed by atoms with E-state index in [4.69, 9.17) is 5.73 Å². The average Bonchev–Trinajstić information content (AvgIpc) is 3.43. The van der Waals surface area contributed by atoms with Crippen LogP contribution < -0.4 is 16.4 Å². The standard InChI is InChI=1S/C23H38N6O5/c1-13(2)8-16(24)20(30)27-17(9-14(3)4)22(32)29-7-5-6-19(29)21(31)28-18(23(33)34)10-15-11-25-12-26-15/h11-14,16-19H,5-10,24H2,1-4H3,(H,25,26)(H,27,30)(H,28,31)(H,33,34). The van der Waals surface area contributed by atoms with E-state index in [1.165, 1.54) is 17.4 Å². The van der Waals surface area contributed by atoms with E-state index in [9.17, 15) is 24.3 Å². The molecule has 0 radical (unpaired) electrons. The van der Waals surface area contributed by atoms with Crippen LogP contribution in [-0.4, -0.2) is 74.4 Å². The molecule has 6 N–H and O–H groups in total. The minimum Gasteiger partial charge on any atom is -0.480 e. The number of carboxylic acid groups (broad SMARTS) is 1. The Morgan fingerprint density at radius 1 is 1.15 bits per heavy atom. The molecule has 2 rings (SSSR count). The molecule has 0 saturated carbocycles. The number of carboxylic acids is 1. The van der Waals surface area contributed by atoms with Crippen molar-refractivity contribution in [2.24, 2.45) is 17.6 Å². The predicted octanol–water partition coefficient (Wildman–Crippen LogP) is 0.417. The van der Waals surface area contributed by atoms with Gasteiger partial charge in [0.1, 0.15) is 18.1 Å². The summed E-state index contributed by atoms with van der Waals surface area (Å²) in [7, 11) is 0. The first-order valence-electron chi connectivity index (χ1n) is 11.9. The summed E-state index contributed by atoms with van der Waals surface area (Å²) in [5, 5.41) is 14.9. The third-order valence-electron chi connectivity index (χ3n) is 5.82. The zero-order valence-corrected chi connectivity index (χ0v) is 20.4. The van der Waals surface area contributed by atoms with Crippen molar-refractivity contribution in [3.63, 3.8) is 0 Å². The molecule has 2 heterocycles. The fraction of sp³-hybridized carbons (Fsp3) is 0.696. The van der Waals surface area contributed by atoms with E-state index in [0.29, 0.717) is 37.9 Å². The first kappa shape index (κ1) is 27.3. The fourth-order valence-electron chi connectivity index (χ4n) is 4.17. The summed E-state index contributed by atoms with van der Waals surface area (Å²) in [6.07, 6.45) is 4.90. The number of amides is 3. The Bertz CT molecular complexity index is 841. The van der Waals surface area contributed by atoms with Crippen LogP contribution in [-0.2, 0) is 25.6 Å². The molecule has 3 amide bonds. The number of imidazole rings is 1. The second-order valence-electron chi connectivity index (χ2n) is 9.80. The lowest BCUT2D eigenvalue weighted by Crippen LogP contribution is -2.57. The van der Waals surface area contributed by atoms with Crippen molar-refractivity contribution >= 4 is 23.7 Å². The van der Waals surface area contributed by atoms with E-state index >= 15 is 0 Å².